The number of aromatic nitrogens is 1. The summed E-state index contributed by atoms with van der Waals surface area (Å²) in [5.74, 6) is -0.589. The fourth-order valence-electron chi connectivity index (χ4n) is 3.05. The highest BCUT2D eigenvalue weighted by Gasteiger charge is 2.16. The molecule has 7 nitrogen and oxygen atoms in total. The molecule has 1 N–H and O–H groups in total. The summed E-state index contributed by atoms with van der Waals surface area (Å²) in [5, 5.41) is 3.81. The summed E-state index contributed by atoms with van der Waals surface area (Å²) >= 11 is 1.58. The van der Waals surface area contributed by atoms with Gasteiger partial charge in [-0.25, -0.2) is 9.78 Å². The number of ether oxygens (including phenoxy) is 2. The second-order valence-electron chi connectivity index (χ2n) is 6.53. The summed E-state index contributed by atoms with van der Waals surface area (Å²) < 4.78 is 11.3. The van der Waals surface area contributed by atoms with Crippen LogP contribution in [0.1, 0.15) is 27.6 Å². The topological polar surface area (TPSA) is 80.8 Å². The van der Waals surface area contributed by atoms with Crippen molar-refractivity contribution in [3.63, 3.8) is 0 Å². The molecule has 0 saturated carbocycles. The van der Waals surface area contributed by atoms with E-state index in [1.54, 1.807) is 48.6 Å². The van der Waals surface area contributed by atoms with E-state index in [0.717, 1.165) is 28.4 Å². The van der Waals surface area contributed by atoms with E-state index < -0.39 is 0 Å². The standard InChI is InChI=1S/C21H21N3O4S/c1-2-28-20(26)14-3-6-16(7-4-14)22-19(25)15-5-8-17-18(13-15)29-21(23-17)24-9-11-27-12-10-24/h3-8,13H,2,9-12H2,1H3,(H,22,25). The van der Waals surface area contributed by atoms with Crippen LogP contribution in [0.2, 0.25) is 0 Å². The molecule has 8 heteroatoms. The van der Waals surface area contributed by atoms with Crippen LogP contribution < -0.4 is 10.2 Å². The molecule has 0 atom stereocenters. The number of benzene rings is 2. The van der Waals surface area contributed by atoms with Crippen LogP contribution in [0.4, 0.5) is 10.8 Å². The summed E-state index contributed by atoms with van der Waals surface area (Å²) in [7, 11) is 0. The van der Waals surface area contributed by atoms with Crippen molar-refractivity contribution in [1.82, 2.24) is 4.98 Å². The number of thiazole rings is 1. The van der Waals surface area contributed by atoms with E-state index >= 15 is 0 Å². The molecule has 1 aromatic heterocycles. The van der Waals surface area contributed by atoms with Gasteiger partial charge in [-0.2, -0.15) is 0 Å². The van der Waals surface area contributed by atoms with Crippen molar-refractivity contribution in [2.24, 2.45) is 0 Å². The van der Waals surface area contributed by atoms with Gasteiger partial charge in [0.1, 0.15) is 0 Å². The molecular weight excluding hydrogens is 390 g/mol. The Bertz CT molecular complexity index is 1030. The van der Waals surface area contributed by atoms with Crippen molar-refractivity contribution >= 4 is 44.2 Å². The first-order valence-corrected chi connectivity index (χ1v) is 10.3. The lowest BCUT2D eigenvalue weighted by Gasteiger charge is -2.25. The lowest BCUT2D eigenvalue weighted by atomic mass is 10.1. The summed E-state index contributed by atoms with van der Waals surface area (Å²) in [5.41, 5.74) is 2.50. The normalized spacial score (nSPS) is 14.0. The largest absolute Gasteiger partial charge is 0.462 e. The van der Waals surface area contributed by atoms with E-state index in [-0.39, 0.29) is 11.9 Å². The Labute approximate surface area is 172 Å². The monoisotopic (exact) mass is 411 g/mol. The Hall–Kier alpha value is -2.97. The van der Waals surface area contributed by atoms with E-state index in [4.69, 9.17) is 9.47 Å². The number of morpholine rings is 1. The van der Waals surface area contributed by atoms with Crippen LogP contribution in [0, 0.1) is 0 Å². The quantitative estimate of drug-likeness (QED) is 0.647. The SMILES string of the molecule is CCOC(=O)c1ccc(NC(=O)c2ccc3nc(N4CCOCC4)sc3c2)cc1. The number of carbonyl (C=O) groups is 2. The molecule has 3 aromatic rings. The Morgan fingerprint density at radius 1 is 1.14 bits per heavy atom. The van der Waals surface area contributed by atoms with Crippen LogP contribution >= 0.6 is 11.3 Å². The van der Waals surface area contributed by atoms with Crippen molar-refractivity contribution in [2.75, 3.05) is 43.1 Å². The number of amides is 1. The predicted molar refractivity (Wildman–Crippen MR) is 113 cm³/mol. The first-order valence-electron chi connectivity index (χ1n) is 9.46. The maximum Gasteiger partial charge on any atom is 0.338 e. The van der Waals surface area contributed by atoms with Crippen LogP contribution in [0.3, 0.4) is 0 Å². The average molecular weight is 411 g/mol. The number of nitrogens with zero attached hydrogens (tertiary/aromatic N) is 2. The fraction of sp³-hybridized carbons (Fsp3) is 0.286. The van der Waals surface area contributed by atoms with Crippen LogP contribution in [0.5, 0.6) is 0 Å². The van der Waals surface area contributed by atoms with Crippen molar-refractivity contribution in [1.29, 1.82) is 0 Å². The van der Waals surface area contributed by atoms with Crippen molar-refractivity contribution in [2.45, 2.75) is 6.92 Å². The lowest BCUT2D eigenvalue weighted by Crippen LogP contribution is -2.36. The third kappa shape index (κ3) is 4.38. The minimum absolute atomic E-state index is 0.211. The van der Waals surface area contributed by atoms with Gasteiger partial charge in [0.2, 0.25) is 0 Å². The van der Waals surface area contributed by atoms with Crippen LogP contribution in [0.15, 0.2) is 42.5 Å². The van der Waals surface area contributed by atoms with Crippen LogP contribution in [0.25, 0.3) is 10.2 Å². The molecule has 150 valence electrons. The molecule has 0 bridgehead atoms. The maximum absolute atomic E-state index is 12.6. The number of nitrogens with one attached hydrogen (secondary N) is 1. The van der Waals surface area contributed by atoms with Gasteiger partial charge in [-0.1, -0.05) is 11.3 Å². The molecule has 0 spiro atoms. The second-order valence-corrected chi connectivity index (χ2v) is 7.54. The zero-order chi connectivity index (χ0) is 20.2. The minimum atomic E-state index is -0.378. The fourth-order valence-corrected chi connectivity index (χ4v) is 4.11. The number of rotatable bonds is 5. The van der Waals surface area contributed by atoms with E-state index in [2.05, 4.69) is 15.2 Å². The Balaban J connectivity index is 1.47. The van der Waals surface area contributed by atoms with Gasteiger partial charge in [0.25, 0.3) is 5.91 Å². The van der Waals surface area contributed by atoms with Crippen molar-refractivity contribution < 1.29 is 19.1 Å². The molecule has 1 fully saturated rings. The Morgan fingerprint density at radius 3 is 2.59 bits per heavy atom. The molecular formula is C21H21N3O4S. The summed E-state index contributed by atoms with van der Waals surface area (Å²) in [4.78, 5) is 31.2. The molecule has 1 saturated heterocycles. The maximum atomic E-state index is 12.6. The minimum Gasteiger partial charge on any atom is -0.462 e. The van der Waals surface area contributed by atoms with E-state index in [9.17, 15) is 9.59 Å². The Kier molecular flexibility index (Phi) is 5.73. The number of fused-ring (bicyclic) bond motifs is 1. The third-order valence-electron chi connectivity index (χ3n) is 4.57. The smallest absolute Gasteiger partial charge is 0.338 e. The molecule has 0 radical (unpaired) electrons. The molecule has 4 rings (SSSR count). The van der Waals surface area contributed by atoms with Gasteiger partial charge in [-0.3, -0.25) is 4.79 Å². The van der Waals surface area contributed by atoms with E-state index in [1.165, 1.54) is 0 Å². The molecule has 0 unspecified atom stereocenters. The average Bonchev–Trinajstić information content (AvgIpc) is 3.18. The summed E-state index contributed by atoms with van der Waals surface area (Å²) in [6.07, 6.45) is 0. The Morgan fingerprint density at radius 2 is 1.86 bits per heavy atom. The third-order valence-corrected chi connectivity index (χ3v) is 5.65. The number of hydrogen-bond donors (Lipinski definition) is 1. The first kappa shape index (κ1) is 19.4. The van der Waals surface area contributed by atoms with Gasteiger partial charge < -0.3 is 19.7 Å². The molecule has 1 aliphatic rings. The summed E-state index contributed by atoms with van der Waals surface area (Å²) in [6, 6.07) is 12.1. The molecule has 29 heavy (non-hydrogen) atoms. The van der Waals surface area contributed by atoms with Crippen LogP contribution in [-0.2, 0) is 9.47 Å². The van der Waals surface area contributed by atoms with Gasteiger partial charge in [0.05, 0.1) is 35.6 Å². The number of hydrogen-bond acceptors (Lipinski definition) is 7. The van der Waals surface area contributed by atoms with E-state index in [1.807, 2.05) is 12.1 Å². The van der Waals surface area contributed by atoms with Gasteiger partial charge >= 0.3 is 5.97 Å². The first-order chi connectivity index (χ1) is 14.1. The van der Waals surface area contributed by atoms with Gasteiger partial charge in [-0.15, -0.1) is 0 Å². The molecule has 2 aromatic carbocycles. The van der Waals surface area contributed by atoms with Gasteiger partial charge in [-0.05, 0) is 49.4 Å². The highest BCUT2D eigenvalue weighted by Crippen LogP contribution is 2.30. The molecule has 2 heterocycles. The highest BCUT2D eigenvalue weighted by molar-refractivity contribution is 7.22. The number of esters is 1. The molecule has 0 aliphatic carbocycles. The van der Waals surface area contributed by atoms with Crippen molar-refractivity contribution in [3.8, 4) is 0 Å². The summed E-state index contributed by atoms with van der Waals surface area (Å²) in [6.45, 7) is 5.15. The zero-order valence-corrected chi connectivity index (χ0v) is 16.8. The zero-order valence-electron chi connectivity index (χ0n) is 16.0. The van der Waals surface area contributed by atoms with Gasteiger partial charge in [0, 0.05) is 24.3 Å². The second kappa shape index (κ2) is 8.59. The predicted octanol–water partition coefficient (Wildman–Crippen LogP) is 3.56. The van der Waals surface area contributed by atoms with Gasteiger partial charge in [0.15, 0.2) is 5.13 Å². The number of anilines is 2. The van der Waals surface area contributed by atoms with Crippen LogP contribution in [-0.4, -0.2) is 49.8 Å². The molecule has 1 aliphatic heterocycles. The number of carbonyl (C=O) groups excluding carboxylic acids is 2. The highest BCUT2D eigenvalue weighted by atomic mass is 32.1. The lowest BCUT2D eigenvalue weighted by molar-refractivity contribution is 0.0526. The van der Waals surface area contributed by atoms with E-state index in [0.29, 0.717) is 36.6 Å². The van der Waals surface area contributed by atoms with Crippen molar-refractivity contribution in [3.05, 3.63) is 53.6 Å². The molecule has 1 amide bonds.